The molecular weight excluding hydrogens is 346 g/mol. The molecule has 1 amide bonds. The van der Waals surface area contributed by atoms with Gasteiger partial charge in [0.25, 0.3) is 5.91 Å². The highest BCUT2D eigenvalue weighted by Gasteiger charge is 2.28. The van der Waals surface area contributed by atoms with Crippen molar-refractivity contribution in [3.63, 3.8) is 0 Å². The average molecular weight is 369 g/mol. The fraction of sp³-hybridized carbons (Fsp3) is 0.474. The lowest BCUT2D eigenvalue weighted by atomic mass is 10.0. The quantitative estimate of drug-likeness (QED) is 0.804. The van der Waals surface area contributed by atoms with Crippen LogP contribution in [0.1, 0.15) is 28.5 Å². The van der Waals surface area contributed by atoms with E-state index in [1.807, 2.05) is 6.92 Å². The molecule has 1 fully saturated rings. The highest BCUT2D eigenvalue weighted by molar-refractivity contribution is 5.96. The zero-order valence-corrected chi connectivity index (χ0v) is 15.4. The summed E-state index contributed by atoms with van der Waals surface area (Å²) >= 11 is 0. The van der Waals surface area contributed by atoms with Gasteiger partial charge in [0.2, 0.25) is 5.88 Å². The number of rotatable bonds is 4. The molecule has 4 heterocycles. The molecule has 1 saturated heterocycles. The molecule has 0 atom stereocenters. The Balaban J connectivity index is 1.56. The maximum Gasteiger partial charge on any atom is 0.259 e. The predicted molar refractivity (Wildman–Crippen MR) is 98.9 cm³/mol. The molecule has 8 heteroatoms. The Morgan fingerprint density at radius 2 is 2.07 bits per heavy atom. The molecule has 0 aliphatic carbocycles. The van der Waals surface area contributed by atoms with Crippen LogP contribution in [0.5, 0.6) is 5.88 Å². The van der Waals surface area contributed by atoms with Gasteiger partial charge in [-0.1, -0.05) is 0 Å². The van der Waals surface area contributed by atoms with Gasteiger partial charge in [-0.05, 0) is 25.5 Å². The van der Waals surface area contributed by atoms with Gasteiger partial charge in [0.05, 0.1) is 32.1 Å². The van der Waals surface area contributed by atoms with Crippen LogP contribution in [0.4, 0.5) is 5.82 Å². The molecule has 0 unspecified atom stereocenters. The molecule has 142 valence electrons. The topological polar surface area (TPSA) is 80.7 Å². The van der Waals surface area contributed by atoms with Gasteiger partial charge in [-0.2, -0.15) is 0 Å². The van der Waals surface area contributed by atoms with Crippen molar-refractivity contribution >= 4 is 11.7 Å². The van der Waals surface area contributed by atoms with Crippen molar-refractivity contribution in [2.75, 3.05) is 44.4 Å². The van der Waals surface area contributed by atoms with Crippen molar-refractivity contribution in [1.82, 2.24) is 19.9 Å². The van der Waals surface area contributed by atoms with Gasteiger partial charge < -0.3 is 19.3 Å². The van der Waals surface area contributed by atoms with Gasteiger partial charge in [0.1, 0.15) is 17.7 Å². The Hall–Kier alpha value is -2.74. The number of fused-ring (bicyclic) bond motifs is 1. The first-order chi connectivity index (χ1) is 13.3. The first kappa shape index (κ1) is 17.7. The Kier molecular flexibility index (Phi) is 5.15. The number of hydrogen-bond donors (Lipinski definition) is 0. The standard InChI is InChI=1S/C19H23N5O3/c1-2-27-18-15(4-3-6-20-18)19(25)24-7-5-14-16(12-24)21-13-22-17(14)23-8-10-26-11-9-23/h3-4,6,13H,2,5,7-12H2,1H3. The Labute approximate surface area is 158 Å². The van der Waals surface area contributed by atoms with Crippen molar-refractivity contribution in [3.8, 4) is 5.88 Å². The van der Waals surface area contributed by atoms with E-state index >= 15 is 0 Å². The van der Waals surface area contributed by atoms with E-state index in [1.165, 1.54) is 0 Å². The molecule has 8 nitrogen and oxygen atoms in total. The van der Waals surface area contributed by atoms with E-state index in [4.69, 9.17) is 9.47 Å². The molecule has 2 aromatic rings. The SMILES string of the molecule is CCOc1ncccc1C(=O)N1CCc2c(ncnc2N2CCOCC2)C1. The van der Waals surface area contributed by atoms with Crippen LogP contribution >= 0.6 is 0 Å². The van der Waals surface area contributed by atoms with Crippen LogP contribution < -0.4 is 9.64 Å². The smallest absolute Gasteiger partial charge is 0.259 e. The number of pyridine rings is 1. The lowest BCUT2D eigenvalue weighted by Crippen LogP contribution is -2.40. The van der Waals surface area contributed by atoms with Crippen LogP contribution in [-0.2, 0) is 17.7 Å². The molecule has 2 aliphatic heterocycles. The van der Waals surface area contributed by atoms with Crippen LogP contribution in [0.25, 0.3) is 0 Å². The summed E-state index contributed by atoms with van der Waals surface area (Å²) in [6.07, 6.45) is 3.96. The van der Waals surface area contributed by atoms with Crippen molar-refractivity contribution in [1.29, 1.82) is 0 Å². The summed E-state index contributed by atoms with van der Waals surface area (Å²) in [4.78, 5) is 30.2. The van der Waals surface area contributed by atoms with E-state index in [-0.39, 0.29) is 5.91 Å². The molecule has 4 rings (SSSR count). The average Bonchev–Trinajstić information content (AvgIpc) is 2.73. The summed E-state index contributed by atoms with van der Waals surface area (Å²) in [5.74, 6) is 1.28. The minimum absolute atomic E-state index is 0.0799. The van der Waals surface area contributed by atoms with Gasteiger partial charge in [-0.3, -0.25) is 4.79 Å². The number of carbonyl (C=O) groups is 1. The lowest BCUT2D eigenvalue weighted by Gasteiger charge is -2.33. The zero-order chi connectivity index (χ0) is 18.6. The van der Waals surface area contributed by atoms with E-state index in [0.29, 0.717) is 44.4 Å². The van der Waals surface area contributed by atoms with Crippen LogP contribution in [0.3, 0.4) is 0 Å². The maximum atomic E-state index is 13.0. The normalized spacial score (nSPS) is 16.8. The monoisotopic (exact) mass is 369 g/mol. The number of morpholine rings is 1. The molecule has 0 radical (unpaired) electrons. The fourth-order valence-electron chi connectivity index (χ4n) is 3.53. The van der Waals surface area contributed by atoms with Gasteiger partial charge >= 0.3 is 0 Å². The number of aromatic nitrogens is 3. The van der Waals surface area contributed by atoms with Gasteiger partial charge in [-0.25, -0.2) is 15.0 Å². The summed E-state index contributed by atoms with van der Waals surface area (Å²) in [5, 5.41) is 0. The lowest BCUT2D eigenvalue weighted by molar-refractivity contribution is 0.0726. The van der Waals surface area contributed by atoms with Crippen molar-refractivity contribution in [2.24, 2.45) is 0 Å². The predicted octanol–water partition coefficient (Wildman–Crippen LogP) is 1.31. The Bertz CT molecular complexity index is 823. The Morgan fingerprint density at radius 1 is 1.22 bits per heavy atom. The first-order valence-electron chi connectivity index (χ1n) is 9.30. The van der Waals surface area contributed by atoms with Gasteiger partial charge in [-0.15, -0.1) is 0 Å². The van der Waals surface area contributed by atoms with E-state index in [1.54, 1.807) is 29.6 Å². The van der Waals surface area contributed by atoms with Crippen LogP contribution in [0.2, 0.25) is 0 Å². The first-order valence-corrected chi connectivity index (χ1v) is 9.30. The highest BCUT2D eigenvalue weighted by Crippen LogP contribution is 2.27. The van der Waals surface area contributed by atoms with Crippen LogP contribution in [0.15, 0.2) is 24.7 Å². The third-order valence-electron chi connectivity index (χ3n) is 4.86. The molecule has 2 aromatic heterocycles. The molecular formula is C19H23N5O3. The molecule has 0 aromatic carbocycles. The number of anilines is 1. The van der Waals surface area contributed by atoms with E-state index in [0.717, 1.165) is 36.6 Å². The number of hydrogen-bond acceptors (Lipinski definition) is 7. The second-order valence-corrected chi connectivity index (χ2v) is 6.49. The minimum atomic E-state index is -0.0799. The molecule has 0 saturated carbocycles. The van der Waals surface area contributed by atoms with Crippen molar-refractivity contribution in [3.05, 3.63) is 41.5 Å². The third kappa shape index (κ3) is 3.57. The second kappa shape index (κ2) is 7.87. The number of ether oxygens (including phenoxy) is 2. The molecule has 27 heavy (non-hydrogen) atoms. The summed E-state index contributed by atoms with van der Waals surface area (Å²) in [6, 6.07) is 3.52. The minimum Gasteiger partial charge on any atom is -0.477 e. The van der Waals surface area contributed by atoms with E-state index in [9.17, 15) is 4.79 Å². The Morgan fingerprint density at radius 3 is 2.89 bits per heavy atom. The second-order valence-electron chi connectivity index (χ2n) is 6.49. The summed E-state index contributed by atoms with van der Waals surface area (Å²) < 4.78 is 11.0. The van der Waals surface area contributed by atoms with Crippen molar-refractivity contribution < 1.29 is 14.3 Å². The number of nitrogens with zero attached hydrogens (tertiary/aromatic N) is 5. The largest absolute Gasteiger partial charge is 0.477 e. The van der Waals surface area contributed by atoms with Gasteiger partial charge in [0.15, 0.2) is 0 Å². The maximum absolute atomic E-state index is 13.0. The van der Waals surface area contributed by atoms with Crippen LogP contribution in [0, 0.1) is 0 Å². The van der Waals surface area contributed by atoms with Gasteiger partial charge in [0, 0.05) is 31.4 Å². The number of carbonyl (C=O) groups excluding carboxylic acids is 1. The third-order valence-corrected chi connectivity index (χ3v) is 4.86. The number of amides is 1. The highest BCUT2D eigenvalue weighted by atomic mass is 16.5. The summed E-state index contributed by atoms with van der Waals surface area (Å²) in [5.41, 5.74) is 2.54. The van der Waals surface area contributed by atoms with Crippen LogP contribution in [-0.4, -0.2) is 65.2 Å². The van der Waals surface area contributed by atoms with Crippen molar-refractivity contribution in [2.45, 2.75) is 19.9 Å². The molecule has 2 aliphatic rings. The molecule has 0 N–H and O–H groups in total. The van der Waals surface area contributed by atoms with E-state index in [2.05, 4.69) is 19.9 Å². The summed E-state index contributed by atoms with van der Waals surface area (Å²) in [6.45, 7) is 6.53. The molecule has 0 spiro atoms. The van der Waals surface area contributed by atoms with E-state index < -0.39 is 0 Å². The summed E-state index contributed by atoms with van der Waals surface area (Å²) in [7, 11) is 0. The fourth-order valence-corrected chi connectivity index (χ4v) is 3.53. The molecule has 0 bridgehead atoms. The zero-order valence-electron chi connectivity index (χ0n) is 15.4.